The maximum absolute atomic E-state index is 11.8. The van der Waals surface area contributed by atoms with Crippen molar-refractivity contribution < 1.29 is 4.92 Å². The summed E-state index contributed by atoms with van der Waals surface area (Å²) in [4.78, 5) is 24.0. The Bertz CT molecular complexity index is 1240. The van der Waals surface area contributed by atoms with Crippen LogP contribution in [0, 0.1) is 30.9 Å². The van der Waals surface area contributed by atoms with Crippen molar-refractivity contribution in [3.05, 3.63) is 69.5 Å². The number of nitrogens with one attached hydrogen (secondary N) is 2. The topological polar surface area (TPSA) is 106 Å². The zero-order valence-corrected chi connectivity index (χ0v) is 16.9. The Labute approximate surface area is 170 Å². The average Bonchev–Trinajstić information content (AvgIpc) is 3.06. The fourth-order valence-corrected chi connectivity index (χ4v) is 3.88. The summed E-state index contributed by atoms with van der Waals surface area (Å²) >= 11 is 1.42. The molecule has 0 saturated heterocycles. The smallest absolute Gasteiger partial charge is 0.334 e. The van der Waals surface area contributed by atoms with E-state index in [2.05, 4.69) is 25.6 Å². The maximum Gasteiger partial charge on any atom is 0.353 e. The number of anilines is 4. The Morgan fingerprint density at radius 1 is 0.966 bits per heavy atom. The standard InChI is InChI=1S/C20H18N6O2S/c1-11-4-6-13(3)15(8-11)23-18-17(26(27)28)19(22-10-21-18)25-20-24-14-7-5-12(2)9-16(14)29-20/h4-10H,1-3H3,(H2,21,22,23,24,25). The number of rotatable bonds is 5. The molecule has 0 spiro atoms. The number of benzene rings is 2. The van der Waals surface area contributed by atoms with Crippen LogP contribution in [0.15, 0.2) is 42.7 Å². The molecule has 0 unspecified atom stereocenters. The molecule has 0 fully saturated rings. The second kappa shape index (κ2) is 7.44. The summed E-state index contributed by atoms with van der Waals surface area (Å²) in [6, 6.07) is 11.8. The van der Waals surface area contributed by atoms with E-state index in [0.29, 0.717) is 5.13 Å². The number of nitro groups is 1. The minimum Gasteiger partial charge on any atom is -0.334 e. The number of nitrogens with zero attached hydrogens (tertiary/aromatic N) is 4. The molecule has 0 aliphatic carbocycles. The summed E-state index contributed by atoms with van der Waals surface area (Å²) in [6.45, 7) is 5.89. The van der Waals surface area contributed by atoms with Gasteiger partial charge in [-0.15, -0.1) is 0 Å². The van der Waals surface area contributed by atoms with Crippen LogP contribution >= 0.6 is 11.3 Å². The van der Waals surface area contributed by atoms with Crippen LogP contribution in [0.3, 0.4) is 0 Å². The summed E-state index contributed by atoms with van der Waals surface area (Å²) in [5, 5.41) is 18.4. The maximum atomic E-state index is 11.8. The van der Waals surface area contributed by atoms with E-state index in [1.807, 2.05) is 57.2 Å². The minimum atomic E-state index is -0.493. The van der Waals surface area contributed by atoms with Crippen molar-refractivity contribution in [3.8, 4) is 0 Å². The first-order chi connectivity index (χ1) is 13.9. The number of aryl methyl sites for hydroxylation is 3. The first-order valence-corrected chi connectivity index (χ1v) is 9.70. The van der Waals surface area contributed by atoms with E-state index in [-0.39, 0.29) is 17.3 Å². The lowest BCUT2D eigenvalue weighted by Gasteiger charge is -2.11. The van der Waals surface area contributed by atoms with Gasteiger partial charge in [0.25, 0.3) is 0 Å². The summed E-state index contributed by atoms with van der Waals surface area (Å²) < 4.78 is 0.998. The van der Waals surface area contributed by atoms with Gasteiger partial charge in [-0.25, -0.2) is 15.0 Å². The molecule has 2 heterocycles. The lowest BCUT2D eigenvalue weighted by Crippen LogP contribution is -2.06. The minimum absolute atomic E-state index is 0.0913. The molecule has 29 heavy (non-hydrogen) atoms. The van der Waals surface area contributed by atoms with Gasteiger partial charge in [0.2, 0.25) is 11.6 Å². The van der Waals surface area contributed by atoms with E-state index in [0.717, 1.165) is 32.6 Å². The number of fused-ring (bicyclic) bond motifs is 1. The molecule has 2 aromatic carbocycles. The normalized spacial score (nSPS) is 10.9. The molecule has 2 N–H and O–H groups in total. The Morgan fingerprint density at radius 3 is 2.41 bits per heavy atom. The van der Waals surface area contributed by atoms with E-state index in [9.17, 15) is 10.1 Å². The molecule has 0 saturated carbocycles. The Hall–Kier alpha value is -3.59. The van der Waals surface area contributed by atoms with Crippen LogP contribution < -0.4 is 10.6 Å². The van der Waals surface area contributed by atoms with Gasteiger partial charge in [-0.2, -0.15) is 0 Å². The lowest BCUT2D eigenvalue weighted by molar-refractivity contribution is -0.383. The van der Waals surface area contributed by atoms with Gasteiger partial charge in [0.05, 0.1) is 15.1 Å². The van der Waals surface area contributed by atoms with Crippen molar-refractivity contribution in [2.75, 3.05) is 10.6 Å². The van der Waals surface area contributed by atoms with E-state index in [1.54, 1.807) is 0 Å². The first kappa shape index (κ1) is 18.8. The number of thiazole rings is 1. The first-order valence-electron chi connectivity index (χ1n) is 8.88. The van der Waals surface area contributed by atoms with Gasteiger partial charge in [0, 0.05) is 5.69 Å². The van der Waals surface area contributed by atoms with Crippen LogP contribution in [0.5, 0.6) is 0 Å². The molecule has 0 aliphatic rings. The molecular formula is C20H18N6O2S. The van der Waals surface area contributed by atoms with Crippen LogP contribution in [-0.2, 0) is 0 Å². The highest BCUT2D eigenvalue weighted by Crippen LogP contribution is 2.36. The molecule has 4 aromatic rings. The van der Waals surface area contributed by atoms with Crippen LogP contribution in [0.2, 0.25) is 0 Å². The number of hydrogen-bond acceptors (Lipinski definition) is 8. The zero-order valence-electron chi connectivity index (χ0n) is 16.1. The quantitative estimate of drug-likeness (QED) is 0.337. The van der Waals surface area contributed by atoms with Crippen LogP contribution in [0.1, 0.15) is 16.7 Å². The molecular weight excluding hydrogens is 388 g/mol. The average molecular weight is 406 g/mol. The summed E-state index contributed by atoms with van der Waals surface area (Å²) in [7, 11) is 0. The van der Waals surface area contributed by atoms with Crippen molar-refractivity contribution in [2.24, 2.45) is 0 Å². The fraction of sp³-hybridized carbons (Fsp3) is 0.150. The van der Waals surface area contributed by atoms with Gasteiger partial charge in [-0.1, -0.05) is 29.5 Å². The van der Waals surface area contributed by atoms with Crippen LogP contribution in [0.4, 0.5) is 28.1 Å². The molecule has 0 aliphatic heterocycles. The molecule has 0 bridgehead atoms. The zero-order chi connectivity index (χ0) is 20.5. The number of aromatic nitrogens is 3. The SMILES string of the molecule is Cc1ccc(C)c(Nc2ncnc(Nc3nc4ccc(C)cc4s3)c2[N+](=O)[O-])c1. The third-order valence-corrected chi connectivity index (χ3v) is 5.35. The van der Waals surface area contributed by atoms with E-state index in [1.165, 1.54) is 17.7 Å². The highest BCUT2D eigenvalue weighted by atomic mass is 32.1. The Morgan fingerprint density at radius 2 is 1.66 bits per heavy atom. The molecule has 8 nitrogen and oxygen atoms in total. The van der Waals surface area contributed by atoms with Crippen molar-refractivity contribution in [2.45, 2.75) is 20.8 Å². The second-order valence-corrected chi connectivity index (χ2v) is 7.77. The van der Waals surface area contributed by atoms with Gasteiger partial charge in [0.15, 0.2) is 5.13 Å². The van der Waals surface area contributed by atoms with Crippen molar-refractivity contribution in [1.29, 1.82) is 0 Å². The van der Waals surface area contributed by atoms with E-state index in [4.69, 9.17) is 0 Å². The van der Waals surface area contributed by atoms with Crippen molar-refractivity contribution in [3.63, 3.8) is 0 Å². The third kappa shape index (κ3) is 3.85. The summed E-state index contributed by atoms with van der Waals surface area (Å²) in [6.07, 6.45) is 1.29. The molecule has 9 heteroatoms. The van der Waals surface area contributed by atoms with Gasteiger partial charge in [-0.05, 0) is 55.7 Å². The highest BCUT2D eigenvalue weighted by molar-refractivity contribution is 7.22. The highest BCUT2D eigenvalue weighted by Gasteiger charge is 2.24. The largest absolute Gasteiger partial charge is 0.353 e. The monoisotopic (exact) mass is 406 g/mol. The predicted octanol–water partition coefficient (Wildman–Crippen LogP) is 5.41. The molecule has 0 atom stereocenters. The molecule has 0 radical (unpaired) electrons. The molecule has 146 valence electrons. The van der Waals surface area contributed by atoms with E-state index >= 15 is 0 Å². The van der Waals surface area contributed by atoms with Gasteiger partial charge in [-0.3, -0.25) is 10.1 Å². The fourth-order valence-electron chi connectivity index (χ4n) is 2.92. The lowest BCUT2D eigenvalue weighted by atomic mass is 10.1. The third-order valence-electron chi connectivity index (χ3n) is 4.42. The predicted molar refractivity (Wildman–Crippen MR) is 116 cm³/mol. The van der Waals surface area contributed by atoms with E-state index < -0.39 is 4.92 Å². The molecule has 0 amide bonds. The van der Waals surface area contributed by atoms with Crippen molar-refractivity contribution in [1.82, 2.24) is 15.0 Å². The second-order valence-electron chi connectivity index (χ2n) is 6.74. The number of hydrogen-bond donors (Lipinski definition) is 2. The van der Waals surface area contributed by atoms with Crippen LogP contribution in [0.25, 0.3) is 10.2 Å². The van der Waals surface area contributed by atoms with Crippen molar-refractivity contribution >= 4 is 49.7 Å². The molecule has 2 aromatic heterocycles. The Balaban J connectivity index is 1.72. The summed E-state index contributed by atoms with van der Waals surface area (Å²) in [5.41, 5.74) is 4.48. The Kier molecular flexibility index (Phi) is 4.81. The molecule has 4 rings (SSSR count). The van der Waals surface area contributed by atoms with Gasteiger partial charge in [0.1, 0.15) is 6.33 Å². The van der Waals surface area contributed by atoms with Gasteiger partial charge < -0.3 is 10.6 Å². The van der Waals surface area contributed by atoms with Gasteiger partial charge >= 0.3 is 5.69 Å². The van der Waals surface area contributed by atoms with Crippen LogP contribution in [-0.4, -0.2) is 19.9 Å². The summed E-state index contributed by atoms with van der Waals surface area (Å²) in [5.74, 6) is 0.215.